The topological polar surface area (TPSA) is 26.3 Å². The van der Waals surface area contributed by atoms with Crippen molar-refractivity contribution in [3.63, 3.8) is 0 Å². The van der Waals surface area contributed by atoms with Gasteiger partial charge in [0.15, 0.2) is 0 Å². The second-order valence-corrected chi connectivity index (χ2v) is 4.81. The monoisotopic (exact) mass is 278 g/mol. The molecule has 0 amide bonds. The van der Waals surface area contributed by atoms with Gasteiger partial charge in [-0.2, -0.15) is 0 Å². The van der Waals surface area contributed by atoms with Crippen LogP contribution in [0.2, 0.25) is 0 Å². The lowest BCUT2D eigenvalue weighted by atomic mass is 10.1. The number of hydrogen-bond acceptors (Lipinski definition) is 2. The molecule has 0 atom stereocenters. The molecule has 0 N–H and O–H groups in total. The third-order valence-corrected chi connectivity index (χ3v) is 2.91. The number of carbonyl (C=O) groups excluding carboxylic acids is 1. The highest BCUT2D eigenvalue weighted by atomic mass is 16.5. The molecular formula is C19H18O2. The Kier molecular flexibility index (Phi) is 5.53. The SMILES string of the molecule is CC(=COC(=O)C=Cc1ccccc1)Cc1ccccc1. The number of hydrogen-bond donors (Lipinski definition) is 0. The van der Waals surface area contributed by atoms with E-state index in [4.69, 9.17) is 4.74 Å². The molecule has 0 bridgehead atoms. The first-order valence-corrected chi connectivity index (χ1v) is 6.87. The maximum Gasteiger partial charge on any atom is 0.335 e. The molecule has 0 spiro atoms. The van der Waals surface area contributed by atoms with E-state index >= 15 is 0 Å². The van der Waals surface area contributed by atoms with E-state index in [0.717, 1.165) is 17.6 Å². The Morgan fingerprint density at radius 1 is 1.00 bits per heavy atom. The van der Waals surface area contributed by atoms with Crippen LogP contribution in [0.4, 0.5) is 0 Å². The first-order chi connectivity index (χ1) is 10.2. The molecule has 2 aromatic carbocycles. The van der Waals surface area contributed by atoms with E-state index in [0.29, 0.717) is 0 Å². The predicted molar refractivity (Wildman–Crippen MR) is 85.5 cm³/mol. The Balaban J connectivity index is 1.85. The molecule has 0 aliphatic carbocycles. The van der Waals surface area contributed by atoms with Gasteiger partial charge in [0.25, 0.3) is 0 Å². The van der Waals surface area contributed by atoms with Gasteiger partial charge < -0.3 is 4.74 Å². The van der Waals surface area contributed by atoms with E-state index < -0.39 is 0 Å². The summed E-state index contributed by atoms with van der Waals surface area (Å²) in [6.07, 6.45) is 5.46. The van der Waals surface area contributed by atoms with Crippen LogP contribution in [0.5, 0.6) is 0 Å². The summed E-state index contributed by atoms with van der Waals surface area (Å²) in [5.74, 6) is -0.369. The molecule has 106 valence electrons. The van der Waals surface area contributed by atoms with Gasteiger partial charge in [0, 0.05) is 6.08 Å². The number of rotatable bonds is 5. The number of carbonyl (C=O) groups is 1. The van der Waals surface area contributed by atoms with Gasteiger partial charge in [-0.15, -0.1) is 0 Å². The molecular weight excluding hydrogens is 260 g/mol. The van der Waals surface area contributed by atoms with Gasteiger partial charge in [-0.3, -0.25) is 0 Å². The summed E-state index contributed by atoms with van der Waals surface area (Å²) < 4.78 is 5.11. The van der Waals surface area contributed by atoms with Crippen molar-refractivity contribution in [2.45, 2.75) is 13.3 Å². The van der Waals surface area contributed by atoms with Crippen molar-refractivity contribution >= 4 is 12.0 Å². The predicted octanol–water partition coefficient (Wildman–Crippen LogP) is 4.39. The van der Waals surface area contributed by atoms with Crippen LogP contribution in [-0.4, -0.2) is 5.97 Å². The van der Waals surface area contributed by atoms with Crippen molar-refractivity contribution in [3.05, 3.63) is 89.7 Å². The van der Waals surface area contributed by atoms with Crippen LogP contribution >= 0.6 is 0 Å². The minimum Gasteiger partial charge on any atom is -0.431 e. The molecule has 0 saturated heterocycles. The largest absolute Gasteiger partial charge is 0.431 e. The molecule has 2 aromatic rings. The average molecular weight is 278 g/mol. The van der Waals surface area contributed by atoms with Crippen LogP contribution in [0.3, 0.4) is 0 Å². The summed E-state index contributed by atoms with van der Waals surface area (Å²) >= 11 is 0. The van der Waals surface area contributed by atoms with E-state index in [1.54, 1.807) is 6.08 Å². The second kappa shape index (κ2) is 7.85. The molecule has 0 aliphatic rings. The van der Waals surface area contributed by atoms with Crippen LogP contribution in [0.1, 0.15) is 18.1 Å². The standard InChI is InChI=1S/C19H18O2/c1-16(14-18-10-6-3-7-11-18)15-21-19(20)13-12-17-8-4-2-5-9-17/h2-13,15H,14H2,1H3. The van der Waals surface area contributed by atoms with Gasteiger partial charge in [0.2, 0.25) is 0 Å². The highest BCUT2D eigenvalue weighted by Gasteiger charge is 1.97. The van der Waals surface area contributed by atoms with Crippen molar-refractivity contribution in [2.24, 2.45) is 0 Å². The molecule has 0 unspecified atom stereocenters. The zero-order valence-electron chi connectivity index (χ0n) is 12.0. The Bertz CT molecular complexity index is 625. The van der Waals surface area contributed by atoms with Gasteiger partial charge in [0.05, 0.1) is 6.26 Å². The molecule has 2 nitrogen and oxygen atoms in total. The molecule has 0 radical (unpaired) electrons. The third kappa shape index (κ3) is 5.49. The zero-order chi connectivity index (χ0) is 14.9. The summed E-state index contributed by atoms with van der Waals surface area (Å²) in [5, 5.41) is 0. The lowest BCUT2D eigenvalue weighted by Gasteiger charge is -2.01. The molecule has 0 aromatic heterocycles. The second-order valence-electron chi connectivity index (χ2n) is 4.81. The fraction of sp³-hybridized carbons (Fsp3) is 0.105. The van der Waals surface area contributed by atoms with E-state index in [2.05, 4.69) is 12.1 Å². The first kappa shape index (κ1) is 14.8. The maximum atomic E-state index is 11.6. The fourth-order valence-electron chi connectivity index (χ4n) is 1.89. The van der Waals surface area contributed by atoms with Crippen molar-refractivity contribution in [2.75, 3.05) is 0 Å². The molecule has 21 heavy (non-hydrogen) atoms. The fourth-order valence-corrected chi connectivity index (χ4v) is 1.89. The number of benzene rings is 2. The van der Waals surface area contributed by atoms with Crippen LogP contribution < -0.4 is 0 Å². The molecule has 2 rings (SSSR count). The number of esters is 1. The maximum absolute atomic E-state index is 11.6. The quantitative estimate of drug-likeness (QED) is 0.460. The molecule has 0 heterocycles. The Hall–Kier alpha value is -2.61. The summed E-state index contributed by atoms with van der Waals surface area (Å²) in [6.45, 7) is 1.95. The molecule has 0 aliphatic heterocycles. The highest BCUT2D eigenvalue weighted by Crippen LogP contribution is 2.07. The van der Waals surface area contributed by atoms with Crippen molar-refractivity contribution in [1.82, 2.24) is 0 Å². The Labute approximate surface area is 125 Å². The lowest BCUT2D eigenvalue weighted by molar-refractivity contribution is -0.132. The van der Waals surface area contributed by atoms with E-state index in [-0.39, 0.29) is 5.97 Å². The number of allylic oxidation sites excluding steroid dienone is 1. The highest BCUT2D eigenvalue weighted by molar-refractivity contribution is 5.87. The normalized spacial score (nSPS) is 11.6. The third-order valence-electron chi connectivity index (χ3n) is 2.91. The van der Waals surface area contributed by atoms with Crippen LogP contribution in [0.15, 0.2) is 78.6 Å². The minimum absolute atomic E-state index is 0.369. The summed E-state index contributed by atoms with van der Waals surface area (Å²) in [6, 6.07) is 19.7. The van der Waals surface area contributed by atoms with Crippen LogP contribution in [0, 0.1) is 0 Å². The lowest BCUT2D eigenvalue weighted by Crippen LogP contribution is -1.96. The van der Waals surface area contributed by atoms with Gasteiger partial charge >= 0.3 is 5.97 Å². The van der Waals surface area contributed by atoms with Gasteiger partial charge in [0.1, 0.15) is 0 Å². The zero-order valence-corrected chi connectivity index (χ0v) is 12.0. The van der Waals surface area contributed by atoms with Crippen LogP contribution in [-0.2, 0) is 16.0 Å². The van der Waals surface area contributed by atoms with Crippen molar-refractivity contribution < 1.29 is 9.53 Å². The van der Waals surface area contributed by atoms with Gasteiger partial charge in [-0.05, 0) is 36.1 Å². The van der Waals surface area contributed by atoms with Crippen molar-refractivity contribution in [3.8, 4) is 0 Å². The Morgan fingerprint density at radius 2 is 1.62 bits per heavy atom. The molecule has 2 heteroatoms. The average Bonchev–Trinajstić information content (AvgIpc) is 2.53. The van der Waals surface area contributed by atoms with Crippen LogP contribution in [0.25, 0.3) is 6.08 Å². The minimum atomic E-state index is -0.369. The summed E-state index contributed by atoms with van der Waals surface area (Å²) in [5.41, 5.74) is 3.17. The van der Waals surface area contributed by atoms with E-state index in [1.807, 2.05) is 55.5 Å². The van der Waals surface area contributed by atoms with E-state index in [9.17, 15) is 4.79 Å². The number of ether oxygens (including phenoxy) is 1. The van der Waals surface area contributed by atoms with E-state index in [1.165, 1.54) is 17.9 Å². The van der Waals surface area contributed by atoms with Crippen molar-refractivity contribution in [1.29, 1.82) is 0 Å². The molecule has 0 saturated carbocycles. The van der Waals surface area contributed by atoms with Gasteiger partial charge in [-0.1, -0.05) is 60.7 Å². The smallest absolute Gasteiger partial charge is 0.335 e. The summed E-state index contributed by atoms with van der Waals surface area (Å²) in [4.78, 5) is 11.6. The molecule has 0 fully saturated rings. The summed E-state index contributed by atoms with van der Waals surface area (Å²) in [7, 11) is 0. The van der Waals surface area contributed by atoms with Gasteiger partial charge in [-0.25, -0.2) is 4.79 Å². The Morgan fingerprint density at radius 3 is 2.29 bits per heavy atom. The first-order valence-electron chi connectivity index (χ1n) is 6.87.